The van der Waals surface area contributed by atoms with E-state index in [2.05, 4.69) is 0 Å². The Kier molecular flexibility index (Phi) is 3.81. The van der Waals surface area contributed by atoms with Crippen molar-refractivity contribution in [3.63, 3.8) is 0 Å². The summed E-state index contributed by atoms with van der Waals surface area (Å²) in [5, 5.41) is 0. The molecule has 0 aromatic carbocycles. The molecule has 0 unspecified atom stereocenters. The summed E-state index contributed by atoms with van der Waals surface area (Å²) in [5.41, 5.74) is 0.567. The first-order valence-electron chi connectivity index (χ1n) is 7.17. The number of rotatable bonds is 3. The molecule has 5 nitrogen and oxygen atoms in total. The molecule has 2 saturated heterocycles. The highest BCUT2D eigenvalue weighted by molar-refractivity contribution is 5.93. The molecule has 3 heterocycles. The van der Waals surface area contributed by atoms with Crippen molar-refractivity contribution in [1.29, 1.82) is 0 Å². The first-order valence-corrected chi connectivity index (χ1v) is 7.17. The summed E-state index contributed by atoms with van der Waals surface area (Å²) in [5.74, 6) is 0.0400. The van der Waals surface area contributed by atoms with Crippen molar-refractivity contribution in [3.05, 3.63) is 24.2 Å². The Labute approximate surface area is 118 Å². The molecule has 2 atom stereocenters. The molecule has 1 aromatic rings. The van der Waals surface area contributed by atoms with Gasteiger partial charge in [-0.3, -0.25) is 4.79 Å². The Morgan fingerprint density at radius 2 is 2.50 bits per heavy atom. The number of piperidine rings is 1. The summed E-state index contributed by atoms with van der Waals surface area (Å²) >= 11 is 0. The minimum atomic E-state index is -0.0509. The minimum absolute atomic E-state index is 0.0400. The number of carbonyl (C=O) groups is 1. The molecule has 0 spiro atoms. The van der Waals surface area contributed by atoms with Crippen molar-refractivity contribution in [1.82, 2.24) is 4.90 Å². The smallest absolute Gasteiger partial charge is 0.257 e. The molecule has 110 valence electrons. The van der Waals surface area contributed by atoms with Crippen LogP contribution < -0.4 is 0 Å². The number of furan rings is 1. The van der Waals surface area contributed by atoms with Crippen LogP contribution in [0.1, 0.15) is 29.6 Å². The highest BCUT2D eigenvalue weighted by Crippen LogP contribution is 2.40. The van der Waals surface area contributed by atoms with Crippen LogP contribution in [-0.2, 0) is 9.47 Å². The number of methoxy groups -OCH3 is 1. The largest absolute Gasteiger partial charge is 0.472 e. The second kappa shape index (κ2) is 5.58. The number of carbonyl (C=O) groups excluding carboxylic acids is 1. The minimum Gasteiger partial charge on any atom is -0.472 e. The van der Waals surface area contributed by atoms with Gasteiger partial charge < -0.3 is 18.8 Å². The van der Waals surface area contributed by atoms with Crippen LogP contribution >= 0.6 is 0 Å². The maximum Gasteiger partial charge on any atom is 0.257 e. The summed E-state index contributed by atoms with van der Waals surface area (Å²) in [6, 6.07) is 1.72. The van der Waals surface area contributed by atoms with Crippen molar-refractivity contribution in [2.24, 2.45) is 5.41 Å². The van der Waals surface area contributed by atoms with E-state index in [0.717, 1.165) is 32.4 Å². The normalized spacial score (nSPS) is 30.1. The zero-order valence-electron chi connectivity index (χ0n) is 11.8. The van der Waals surface area contributed by atoms with Crippen molar-refractivity contribution in [3.8, 4) is 0 Å². The molecule has 0 aliphatic carbocycles. The Hall–Kier alpha value is -1.33. The zero-order valence-corrected chi connectivity index (χ0v) is 11.8. The van der Waals surface area contributed by atoms with Gasteiger partial charge in [-0.1, -0.05) is 0 Å². The van der Waals surface area contributed by atoms with E-state index in [1.54, 1.807) is 13.2 Å². The molecule has 1 aromatic heterocycles. The van der Waals surface area contributed by atoms with E-state index in [1.807, 2.05) is 4.90 Å². The van der Waals surface area contributed by atoms with E-state index in [4.69, 9.17) is 13.9 Å². The molecule has 0 N–H and O–H groups in total. The van der Waals surface area contributed by atoms with Crippen molar-refractivity contribution in [2.45, 2.75) is 25.4 Å². The summed E-state index contributed by atoms with van der Waals surface area (Å²) in [4.78, 5) is 14.4. The Morgan fingerprint density at radius 1 is 1.60 bits per heavy atom. The van der Waals surface area contributed by atoms with Gasteiger partial charge in [-0.05, 0) is 25.3 Å². The van der Waals surface area contributed by atoms with E-state index in [-0.39, 0.29) is 17.4 Å². The fraction of sp³-hybridized carbons (Fsp3) is 0.667. The summed E-state index contributed by atoms with van der Waals surface area (Å²) < 4.78 is 16.4. The molecule has 20 heavy (non-hydrogen) atoms. The molecule has 2 aliphatic rings. The van der Waals surface area contributed by atoms with Crippen LogP contribution in [0, 0.1) is 5.41 Å². The van der Waals surface area contributed by atoms with Crippen molar-refractivity contribution >= 4 is 5.91 Å². The maximum atomic E-state index is 12.5. The lowest BCUT2D eigenvalue weighted by atomic mass is 9.73. The fourth-order valence-corrected chi connectivity index (χ4v) is 3.53. The average molecular weight is 279 g/mol. The molecule has 1 amide bonds. The van der Waals surface area contributed by atoms with Crippen LogP contribution in [0.15, 0.2) is 23.0 Å². The zero-order chi connectivity index (χ0) is 14.0. The summed E-state index contributed by atoms with van der Waals surface area (Å²) in [7, 11) is 1.72. The fourth-order valence-electron chi connectivity index (χ4n) is 3.53. The summed E-state index contributed by atoms with van der Waals surface area (Å²) in [6.45, 7) is 2.91. The van der Waals surface area contributed by atoms with Crippen LogP contribution in [0.5, 0.6) is 0 Å². The van der Waals surface area contributed by atoms with Gasteiger partial charge in [0.1, 0.15) is 6.26 Å². The number of likely N-dealkylation sites (tertiary alicyclic amines) is 1. The van der Waals surface area contributed by atoms with Crippen LogP contribution in [0.2, 0.25) is 0 Å². The molecule has 0 saturated carbocycles. The Balaban J connectivity index is 1.77. The van der Waals surface area contributed by atoms with Gasteiger partial charge in [0.15, 0.2) is 0 Å². The molecule has 0 bridgehead atoms. The third-order valence-corrected chi connectivity index (χ3v) is 4.48. The lowest BCUT2D eigenvalue weighted by Crippen LogP contribution is -2.58. The standard InChI is InChI=1S/C15H21NO4/c1-18-11-15-5-2-7-20-13(15)3-6-16(10-15)14(17)12-4-8-19-9-12/h4,8-9,13H,2-3,5-7,10-11H2,1H3/t13-,15-/m1/s1. The monoisotopic (exact) mass is 279 g/mol. The average Bonchev–Trinajstić information content (AvgIpc) is 3.00. The highest BCUT2D eigenvalue weighted by Gasteiger charge is 2.47. The molecule has 3 rings (SSSR count). The molecular weight excluding hydrogens is 258 g/mol. The predicted octanol–water partition coefficient (Wildman–Crippen LogP) is 1.94. The van der Waals surface area contributed by atoms with Gasteiger partial charge in [0.05, 0.1) is 24.5 Å². The number of hydrogen-bond acceptors (Lipinski definition) is 4. The van der Waals surface area contributed by atoms with Crippen molar-refractivity contribution in [2.75, 3.05) is 33.4 Å². The SMILES string of the molecule is COC[C@]12CCCO[C@@H]1CCN(C(=O)c1ccoc1)C2. The van der Waals surface area contributed by atoms with Gasteiger partial charge in [-0.25, -0.2) is 0 Å². The van der Waals surface area contributed by atoms with Crippen LogP contribution in [-0.4, -0.2) is 50.3 Å². The third kappa shape index (κ3) is 2.36. The molecule has 5 heteroatoms. The predicted molar refractivity (Wildman–Crippen MR) is 72.5 cm³/mol. The second-order valence-electron chi connectivity index (χ2n) is 5.79. The van der Waals surface area contributed by atoms with Gasteiger partial charge >= 0.3 is 0 Å². The Morgan fingerprint density at radius 3 is 3.25 bits per heavy atom. The molecule has 0 radical (unpaired) electrons. The van der Waals surface area contributed by atoms with E-state index >= 15 is 0 Å². The van der Waals surface area contributed by atoms with E-state index < -0.39 is 0 Å². The number of ether oxygens (including phenoxy) is 2. The molecular formula is C15H21NO4. The number of amides is 1. The number of hydrogen-bond donors (Lipinski definition) is 0. The van der Waals surface area contributed by atoms with Crippen LogP contribution in [0.4, 0.5) is 0 Å². The van der Waals surface area contributed by atoms with Gasteiger partial charge in [-0.15, -0.1) is 0 Å². The summed E-state index contributed by atoms with van der Waals surface area (Å²) in [6.07, 6.45) is 6.23. The lowest BCUT2D eigenvalue weighted by Gasteiger charge is -2.50. The van der Waals surface area contributed by atoms with Crippen LogP contribution in [0.25, 0.3) is 0 Å². The van der Waals surface area contributed by atoms with Gasteiger partial charge in [-0.2, -0.15) is 0 Å². The quantitative estimate of drug-likeness (QED) is 0.848. The first kappa shape index (κ1) is 13.6. The van der Waals surface area contributed by atoms with Gasteiger partial charge in [0.25, 0.3) is 5.91 Å². The lowest BCUT2D eigenvalue weighted by molar-refractivity contribution is -0.142. The van der Waals surface area contributed by atoms with E-state index in [0.29, 0.717) is 18.7 Å². The number of nitrogens with zero attached hydrogens (tertiary/aromatic N) is 1. The van der Waals surface area contributed by atoms with Crippen molar-refractivity contribution < 1.29 is 18.7 Å². The van der Waals surface area contributed by atoms with E-state index in [1.165, 1.54) is 12.5 Å². The molecule has 2 fully saturated rings. The topological polar surface area (TPSA) is 51.9 Å². The second-order valence-corrected chi connectivity index (χ2v) is 5.79. The van der Waals surface area contributed by atoms with Gasteiger partial charge in [0.2, 0.25) is 0 Å². The Bertz CT molecular complexity index is 454. The first-order chi connectivity index (χ1) is 9.75. The molecule has 2 aliphatic heterocycles. The van der Waals surface area contributed by atoms with Crippen LogP contribution in [0.3, 0.4) is 0 Å². The highest BCUT2D eigenvalue weighted by atomic mass is 16.5. The van der Waals surface area contributed by atoms with E-state index in [9.17, 15) is 4.79 Å². The third-order valence-electron chi connectivity index (χ3n) is 4.48. The maximum absolute atomic E-state index is 12.5. The van der Waals surface area contributed by atoms with Gasteiger partial charge in [0, 0.05) is 32.2 Å². The number of fused-ring (bicyclic) bond motifs is 1.